The molecule has 0 aliphatic carbocycles. The second-order valence-electron chi connectivity index (χ2n) is 5.32. The van der Waals surface area contributed by atoms with Gasteiger partial charge in [0.05, 0.1) is 7.11 Å². The maximum absolute atomic E-state index is 11.8. The molecule has 1 saturated heterocycles. The molecule has 0 aromatic rings. The van der Waals surface area contributed by atoms with E-state index in [4.69, 9.17) is 0 Å². The van der Waals surface area contributed by atoms with Gasteiger partial charge in [0, 0.05) is 19.4 Å². The highest BCUT2D eigenvalue weighted by molar-refractivity contribution is 5.85. The highest BCUT2D eigenvalue weighted by Crippen LogP contribution is 2.22. The lowest BCUT2D eigenvalue weighted by molar-refractivity contribution is -0.140. The third kappa shape index (κ3) is 7.70. The third-order valence-electron chi connectivity index (χ3n) is 3.75. The number of halogens is 1. The van der Waals surface area contributed by atoms with Gasteiger partial charge in [-0.3, -0.25) is 9.59 Å². The maximum Gasteiger partial charge on any atom is 0.305 e. The van der Waals surface area contributed by atoms with Gasteiger partial charge in [-0.2, -0.15) is 0 Å². The van der Waals surface area contributed by atoms with Crippen molar-refractivity contribution in [3.63, 3.8) is 0 Å². The van der Waals surface area contributed by atoms with Crippen LogP contribution in [0.4, 0.5) is 0 Å². The van der Waals surface area contributed by atoms with Gasteiger partial charge in [0.15, 0.2) is 0 Å². The summed E-state index contributed by atoms with van der Waals surface area (Å²) in [6, 6.07) is 0. The van der Waals surface area contributed by atoms with Crippen molar-refractivity contribution in [2.75, 3.05) is 26.7 Å². The quantitative estimate of drug-likeness (QED) is 0.552. The van der Waals surface area contributed by atoms with Crippen LogP contribution in [0.25, 0.3) is 0 Å². The molecule has 0 spiro atoms. The minimum Gasteiger partial charge on any atom is -0.469 e. The van der Waals surface area contributed by atoms with E-state index >= 15 is 0 Å². The lowest BCUT2D eigenvalue weighted by atomic mass is 9.85. The standard InChI is InChI=1S/C14H26N2O3.ClH/c1-11(12-5-3-7-15-10-12)9-13(17)16-8-4-6-14(18)19-2;/h11-12,15H,3-10H2,1-2H3,(H,16,17);1H. The molecule has 1 aliphatic rings. The molecule has 6 heteroatoms. The second-order valence-corrected chi connectivity index (χ2v) is 5.32. The molecule has 2 atom stereocenters. The van der Waals surface area contributed by atoms with Crippen LogP contribution in [-0.2, 0) is 14.3 Å². The first kappa shape index (κ1) is 19.2. The zero-order valence-electron chi connectivity index (χ0n) is 12.4. The number of hydrogen-bond donors (Lipinski definition) is 2. The average molecular weight is 307 g/mol. The van der Waals surface area contributed by atoms with Crippen molar-refractivity contribution in [1.82, 2.24) is 10.6 Å². The summed E-state index contributed by atoms with van der Waals surface area (Å²) < 4.78 is 4.54. The number of piperidine rings is 1. The number of ether oxygens (including phenoxy) is 1. The number of carbonyl (C=O) groups excluding carboxylic acids is 2. The van der Waals surface area contributed by atoms with Gasteiger partial charge in [0.25, 0.3) is 0 Å². The van der Waals surface area contributed by atoms with Crippen LogP contribution < -0.4 is 10.6 Å². The Morgan fingerprint density at radius 1 is 1.45 bits per heavy atom. The van der Waals surface area contributed by atoms with Gasteiger partial charge >= 0.3 is 5.97 Å². The molecule has 2 N–H and O–H groups in total. The number of esters is 1. The molecular formula is C14H27ClN2O3. The van der Waals surface area contributed by atoms with Crippen molar-refractivity contribution < 1.29 is 14.3 Å². The van der Waals surface area contributed by atoms with Crippen molar-refractivity contribution >= 4 is 24.3 Å². The first-order valence-electron chi connectivity index (χ1n) is 7.17. The first-order chi connectivity index (χ1) is 9.13. The van der Waals surface area contributed by atoms with Crippen LogP contribution in [0.1, 0.15) is 39.0 Å². The van der Waals surface area contributed by atoms with Crippen molar-refractivity contribution in [2.45, 2.75) is 39.0 Å². The van der Waals surface area contributed by atoms with Crippen LogP contribution in [-0.4, -0.2) is 38.6 Å². The van der Waals surface area contributed by atoms with Crippen LogP contribution in [0.15, 0.2) is 0 Å². The van der Waals surface area contributed by atoms with Crippen molar-refractivity contribution in [1.29, 1.82) is 0 Å². The van der Waals surface area contributed by atoms with Gasteiger partial charge in [0.1, 0.15) is 0 Å². The fraction of sp³-hybridized carbons (Fsp3) is 0.857. The monoisotopic (exact) mass is 306 g/mol. The topological polar surface area (TPSA) is 67.4 Å². The van der Waals surface area contributed by atoms with E-state index in [9.17, 15) is 9.59 Å². The summed E-state index contributed by atoms with van der Waals surface area (Å²) in [4.78, 5) is 22.7. The van der Waals surface area contributed by atoms with E-state index in [1.807, 2.05) is 0 Å². The zero-order chi connectivity index (χ0) is 14.1. The van der Waals surface area contributed by atoms with Crippen LogP contribution in [0.3, 0.4) is 0 Å². The molecule has 20 heavy (non-hydrogen) atoms. The number of rotatable bonds is 7. The molecule has 0 aromatic heterocycles. The Labute approximate surface area is 127 Å². The number of carbonyl (C=O) groups is 2. The van der Waals surface area contributed by atoms with Crippen LogP contribution in [0.5, 0.6) is 0 Å². The lowest BCUT2D eigenvalue weighted by Crippen LogP contribution is -2.35. The average Bonchev–Trinajstić information content (AvgIpc) is 2.44. The fourth-order valence-electron chi connectivity index (χ4n) is 2.46. The molecule has 0 saturated carbocycles. The molecule has 118 valence electrons. The maximum atomic E-state index is 11.8. The summed E-state index contributed by atoms with van der Waals surface area (Å²) in [6.07, 6.45) is 3.99. The van der Waals surface area contributed by atoms with Gasteiger partial charge in [-0.1, -0.05) is 6.92 Å². The van der Waals surface area contributed by atoms with Gasteiger partial charge in [0.2, 0.25) is 5.91 Å². The Kier molecular flexibility index (Phi) is 10.5. The SMILES string of the molecule is COC(=O)CCCNC(=O)CC(C)C1CCCNC1.Cl. The van der Waals surface area contributed by atoms with Crippen molar-refractivity contribution in [3.8, 4) is 0 Å². The number of methoxy groups -OCH3 is 1. The van der Waals surface area contributed by atoms with Gasteiger partial charge in [-0.05, 0) is 44.2 Å². The van der Waals surface area contributed by atoms with Gasteiger partial charge in [-0.25, -0.2) is 0 Å². The Balaban J connectivity index is 0.00000361. The molecule has 1 amide bonds. The smallest absolute Gasteiger partial charge is 0.305 e. The van der Waals surface area contributed by atoms with E-state index in [1.165, 1.54) is 20.0 Å². The minimum atomic E-state index is -0.226. The van der Waals surface area contributed by atoms with Crippen LogP contribution >= 0.6 is 12.4 Å². The molecule has 1 fully saturated rings. The van der Waals surface area contributed by atoms with Crippen molar-refractivity contribution in [3.05, 3.63) is 0 Å². The van der Waals surface area contributed by atoms with Crippen molar-refractivity contribution in [2.24, 2.45) is 11.8 Å². The summed E-state index contributed by atoms with van der Waals surface area (Å²) >= 11 is 0. The van der Waals surface area contributed by atoms with E-state index in [-0.39, 0.29) is 24.3 Å². The summed E-state index contributed by atoms with van der Waals surface area (Å²) in [5, 5.41) is 6.24. The largest absolute Gasteiger partial charge is 0.469 e. The number of hydrogen-bond acceptors (Lipinski definition) is 4. The first-order valence-corrected chi connectivity index (χ1v) is 7.17. The highest BCUT2D eigenvalue weighted by atomic mass is 35.5. The van der Waals surface area contributed by atoms with E-state index in [0.29, 0.717) is 37.6 Å². The number of nitrogens with one attached hydrogen (secondary N) is 2. The zero-order valence-corrected chi connectivity index (χ0v) is 13.3. The predicted molar refractivity (Wildman–Crippen MR) is 80.9 cm³/mol. The number of amides is 1. The van der Waals surface area contributed by atoms with Crippen LogP contribution in [0.2, 0.25) is 0 Å². The molecular weight excluding hydrogens is 280 g/mol. The predicted octanol–water partition coefficient (Wildman–Crippen LogP) is 1.50. The molecule has 1 aliphatic heterocycles. The molecule has 0 radical (unpaired) electrons. The Hall–Kier alpha value is -0.810. The highest BCUT2D eigenvalue weighted by Gasteiger charge is 2.21. The molecule has 1 heterocycles. The van der Waals surface area contributed by atoms with E-state index in [2.05, 4.69) is 22.3 Å². The summed E-state index contributed by atoms with van der Waals surface area (Å²) in [5.74, 6) is 0.877. The lowest BCUT2D eigenvalue weighted by Gasteiger charge is -2.28. The third-order valence-corrected chi connectivity index (χ3v) is 3.75. The molecule has 2 unspecified atom stereocenters. The normalized spacial score (nSPS) is 19.6. The molecule has 0 bridgehead atoms. The van der Waals surface area contributed by atoms with E-state index in [1.54, 1.807) is 0 Å². The molecule has 1 rings (SSSR count). The molecule has 5 nitrogen and oxygen atoms in total. The summed E-state index contributed by atoms with van der Waals surface area (Å²) in [7, 11) is 1.38. The fourth-order valence-corrected chi connectivity index (χ4v) is 2.46. The second kappa shape index (κ2) is 10.9. The Morgan fingerprint density at radius 3 is 2.80 bits per heavy atom. The summed E-state index contributed by atoms with van der Waals surface area (Å²) in [5.41, 5.74) is 0. The minimum absolute atomic E-state index is 0. The van der Waals surface area contributed by atoms with Crippen LogP contribution in [0, 0.1) is 11.8 Å². The van der Waals surface area contributed by atoms with E-state index in [0.717, 1.165) is 13.1 Å². The van der Waals surface area contributed by atoms with Gasteiger partial charge in [-0.15, -0.1) is 12.4 Å². The summed E-state index contributed by atoms with van der Waals surface area (Å²) in [6.45, 7) is 4.81. The Bertz CT molecular complexity index is 294. The van der Waals surface area contributed by atoms with E-state index < -0.39 is 0 Å². The Morgan fingerprint density at radius 2 is 2.20 bits per heavy atom. The molecule has 0 aromatic carbocycles. The van der Waals surface area contributed by atoms with Gasteiger partial charge < -0.3 is 15.4 Å².